The van der Waals surface area contributed by atoms with Crippen LogP contribution in [-0.4, -0.2) is 39.1 Å². The van der Waals surface area contributed by atoms with Gasteiger partial charge < -0.3 is 19.7 Å². The zero-order chi connectivity index (χ0) is 17.5. The molecule has 2 saturated heterocycles. The maximum absolute atomic E-state index is 9.35. The molecule has 4 rings (SSSR count). The molecule has 0 aliphatic carbocycles. The van der Waals surface area contributed by atoms with Crippen molar-refractivity contribution in [2.45, 2.75) is 0 Å². The average Bonchev–Trinajstić information content (AvgIpc) is 3.32. The first-order valence-corrected chi connectivity index (χ1v) is 8.96. The molecule has 1 N–H and O–H groups in total. The van der Waals surface area contributed by atoms with E-state index in [1.807, 2.05) is 11.3 Å². The van der Waals surface area contributed by atoms with Crippen LogP contribution in [0.2, 0.25) is 0 Å². The zero-order valence-corrected chi connectivity index (χ0v) is 14.5. The van der Waals surface area contributed by atoms with Gasteiger partial charge in [0.1, 0.15) is 12.5 Å². The monoisotopic (exact) mass is 360 g/mol. The summed E-state index contributed by atoms with van der Waals surface area (Å²) in [5.41, 5.74) is 1.46. The van der Waals surface area contributed by atoms with Crippen molar-refractivity contribution in [3.05, 3.63) is 42.2 Å². The third kappa shape index (κ3) is 4.18. The SMILES string of the molecule is O=CO/C=C\OC=O.c1ccc2c(N3CC4CNCC4C3)csc2c1. The van der Waals surface area contributed by atoms with Gasteiger partial charge in [0.05, 0.1) is 5.69 Å². The second-order valence-corrected chi connectivity index (χ2v) is 6.85. The van der Waals surface area contributed by atoms with Crippen LogP contribution in [0.3, 0.4) is 0 Å². The van der Waals surface area contributed by atoms with E-state index in [0.717, 1.165) is 24.4 Å². The fourth-order valence-corrected chi connectivity index (χ4v) is 4.36. The van der Waals surface area contributed by atoms with E-state index in [1.165, 1.54) is 42.0 Å². The number of rotatable bonds is 5. The van der Waals surface area contributed by atoms with Crippen LogP contribution in [0.15, 0.2) is 42.2 Å². The first-order valence-electron chi connectivity index (χ1n) is 8.08. The zero-order valence-electron chi connectivity index (χ0n) is 13.7. The standard InChI is InChI=1S/C14H16N2S.C4H4O4/c1-2-4-14-12(3-1)13(9-17-14)16-7-10-5-15-6-11(10)8-16;5-3-7-1-2-8-4-6/h1-4,9-11,15H,5-8H2;1-4H/b;2-1-. The van der Waals surface area contributed by atoms with Gasteiger partial charge in [-0.15, -0.1) is 11.3 Å². The maximum atomic E-state index is 9.35. The smallest absolute Gasteiger partial charge is 0.298 e. The molecule has 2 unspecified atom stereocenters. The van der Waals surface area contributed by atoms with E-state index in [9.17, 15) is 9.59 Å². The van der Waals surface area contributed by atoms with Crippen LogP contribution in [0.4, 0.5) is 5.69 Å². The van der Waals surface area contributed by atoms with E-state index in [0.29, 0.717) is 0 Å². The normalized spacial score (nSPS) is 21.7. The van der Waals surface area contributed by atoms with E-state index >= 15 is 0 Å². The summed E-state index contributed by atoms with van der Waals surface area (Å²) >= 11 is 1.87. The van der Waals surface area contributed by atoms with Crippen molar-refractivity contribution in [1.29, 1.82) is 0 Å². The summed E-state index contributed by atoms with van der Waals surface area (Å²) in [6.07, 6.45) is 1.89. The minimum atomic E-state index is 0.213. The molecular formula is C18H20N2O4S. The summed E-state index contributed by atoms with van der Waals surface area (Å²) in [5, 5.41) is 7.27. The fraction of sp³-hybridized carbons (Fsp3) is 0.333. The summed E-state index contributed by atoms with van der Waals surface area (Å²) in [7, 11) is 0. The summed E-state index contributed by atoms with van der Waals surface area (Å²) < 4.78 is 9.40. The lowest BCUT2D eigenvalue weighted by atomic mass is 10.0. The number of carbonyl (C=O) groups is 2. The summed E-state index contributed by atoms with van der Waals surface area (Å²) in [5.74, 6) is 1.74. The second kappa shape index (κ2) is 8.64. The number of carbonyl (C=O) groups excluding carboxylic acids is 2. The minimum Gasteiger partial charge on any atom is -0.433 e. The first-order chi connectivity index (χ1) is 12.3. The molecule has 0 saturated carbocycles. The molecule has 7 heteroatoms. The second-order valence-electron chi connectivity index (χ2n) is 5.94. The van der Waals surface area contributed by atoms with Gasteiger partial charge in [-0.2, -0.15) is 0 Å². The molecular weight excluding hydrogens is 340 g/mol. The molecule has 1 aromatic heterocycles. The number of thiophene rings is 1. The van der Waals surface area contributed by atoms with Gasteiger partial charge in [-0.3, -0.25) is 9.59 Å². The van der Waals surface area contributed by atoms with Crippen LogP contribution in [0.5, 0.6) is 0 Å². The topological polar surface area (TPSA) is 67.9 Å². The van der Waals surface area contributed by atoms with Gasteiger partial charge in [-0.05, 0) is 17.9 Å². The summed E-state index contributed by atoms with van der Waals surface area (Å²) in [4.78, 5) is 21.3. The molecule has 0 bridgehead atoms. The molecule has 25 heavy (non-hydrogen) atoms. The molecule has 3 heterocycles. The molecule has 1 aromatic carbocycles. The lowest BCUT2D eigenvalue weighted by Gasteiger charge is -2.18. The Labute approximate surface area is 150 Å². The van der Waals surface area contributed by atoms with Crippen LogP contribution in [0.25, 0.3) is 10.1 Å². The van der Waals surface area contributed by atoms with Gasteiger partial charge in [0, 0.05) is 41.6 Å². The Hall–Kier alpha value is -2.38. The predicted octanol–water partition coefficient (Wildman–Crippen LogP) is 2.36. The van der Waals surface area contributed by atoms with Crippen molar-refractivity contribution in [2.24, 2.45) is 11.8 Å². The maximum Gasteiger partial charge on any atom is 0.298 e. The van der Waals surface area contributed by atoms with Crippen molar-refractivity contribution >= 4 is 40.1 Å². The van der Waals surface area contributed by atoms with E-state index in [4.69, 9.17) is 0 Å². The van der Waals surface area contributed by atoms with Crippen LogP contribution in [0, 0.1) is 11.8 Å². The van der Waals surface area contributed by atoms with Gasteiger partial charge >= 0.3 is 0 Å². The molecule has 0 spiro atoms. The van der Waals surface area contributed by atoms with Crippen LogP contribution in [0.1, 0.15) is 0 Å². The molecule has 0 radical (unpaired) electrons. The molecule has 2 aliphatic heterocycles. The highest BCUT2D eigenvalue weighted by Crippen LogP contribution is 2.37. The Morgan fingerprint density at radius 3 is 2.32 bits per heavy atom. The van der Waals surface area contributed by atoms with Crippen molar-refractivity contribution in [3.63, 3.8) is 0 Å². The molecule has 0 amide bonds. The van der Waals surface area contributed by atoms with Crippen molar-refractivity contribution < 1.29 is 19.1 Å². The Kier molecular flexibility index (Phi) is 6.03. The number of nitrogens with zero attached hydrogens (tertiary/aromatic N) is 1. The summed E-state index contributed by atoms with van der Waals surface area (Å²) in [6, 6.07) is 8.76. The third-order valence-electron chi connectivity index (χ3n) is 4.51. The number of benzene rings is 1. The highest BCUT2D eigenvalue weighted by Gasteiger charge is 2.36. The fourth-order valence-electron chi connectivity index (χ4n) is 3.39. The highest BCUT2D eigenvalue weighted by atomic mass is 32.1. The third-order valence-corrected chi connectivity index (χ3v) is 5.47. The number of ether oxygens (including phenoxy) is 2. The van der Waals surface area contributed by atoms with Gasteiger partial charge in [-0.25, -0.2) is 0 Å². The number of hydrogen-bond donors (Lipinski definition) is 1. The van der Waals surface area contributed by atoms with E-state index in [2.05, 4.69) is 49.3 Å². The van der Waals surface area contributed by atoms with Crippen molar-refractivity contribution in [2.75, 3.05) is 31.1 Å². The number of fused-ring (bicyclic) bond motifs is 2. The van der Waals surface area contributed by atoms with Crippen LogP contribution >= 0.6 is 11.3 Å². The Balaban J connectivity index is 0.000000197. The van der Waals surface area contributed by atoms with Gasteiger partial charge in [0.2, 0.25) is 0 Å². The molecule has 2 fully saturated rings. The lowest BCUT2D eigenvalue weighted by molar-refractivity contribution is -0.126. The van der Waals surface area contributed by atoms with Gasteiger partial charge in [-0.1, -0.05) is 18.2 Å². The number of nitrogens with one attached hydrogen (secondary N) is 1. The summed E-state index contributed by atoms with van der Waals surface area (Å²) in [6.45, 7) is 5.32. The number of hydrogen-bond acceptors (Lipinski definition) is 7. The Bertz CT molecular complexity index is 722. The Morgan fingerprint density at radius 1 is 1.04 bits per heavy atom. The van der Waals surface area contributed by atoms with Crippen molar-refractivity contribution in [1.82, 2.24) is 5.32 Å². The van der Waals surface area contributed by atoms with Crippen LogP contribution in [-0.2, 0) is 19.1 Å². The predicted molar refractivity (Wildman–Crippen MR) is 97.3 cm³/mol. The van der Waals surface area contributed by atoms with E-state index in [1.54, 1.807) is 0 Å². The van der Waals surface area contributed by atoms with E-state index in [-0.39, 0.29) is 12.9 Å². The highest BCUT2D eigenvalue weighted by molar-refractivity contribution is 7.17. The number of anilines is 1. The quantitative estimate of drug-likeness (QED) is 0.652. The molecule has 6 nitrogen and oxygen atoms in total. The molecule has 132 valence electrons. The lowest BCUT2D eigenvalue weighted by Crippen LogP contribution is -2.25. The van der Waals surface area contributed by atoms with E-state index < -0.39 is 0 Å². The first kappa shape index (κ1) is 17.4. The Morgan fingerprint density at radius 2 is 1.68 bits per heavy atom. The molecule has 2 aliphatic rings. The minimum absolute atomic E-state index is 0.213. The van der Waals surface area contributed by atoms with Crippen molar-refractivity contribution in [3.8, 4) is 0 Å². The average molecular weight is 360 g/mol. The van der Waals surface area contributed by atoms with Crippen LogP contribution < -0.4 is 10.2 Å². The van der Waals surface area contributed by atoms with Gasteiger partial charge in [0.15, 0.2) is 0 Å². The van der Waals surface area contributed by atoms with Gasteiger partial charge in [0.25, 0.3) is 12.9 Å². The largest absolute Gasteiger partial charge is 0.433 e. The molecule has 2 aromatic rings. The molecule has 2 atom stereocenters.